The van der Waals surface area contributed by atoms with Crippen LogP contribution in [0.15, 0.2) is 40.4 Å². The number of nitrogens with one attached hydrogen (secondary N) is 1. The van der Waals surface area contributed by atoms with Gasteiger partial charge < -0.3 is 5.73 Å². The third-order valence-corrected chi connectivity index (χ3v) is 6.44. The van der Waals surface area contributed by atoms with Crippen LogP contribution in [0.5, 0.6) is 0 Å². The summed E-state index contributed by atoms with van der Waals surface area (Å²) < 4.78 is 53.9. The molecule has 3 N–H and O–H groups in total. The highest BCUT2D eigenvalue weighted by Crippen LogP contribution is 2.41. The van der Waals surface area contributed by atoms with E-state index >= 15 is 0 Å². The fourth-order valence-corrected chi connectivity index (χ4v) is 5.13. The van der Waals surface area contributed by atoms with Gasteiger partial charge in [-0.3, -0.25) is 5.41 Å². The summed E-state index contributed by atoms with van der Waals surface area (Å²) in [6.45, 7) is 0. The van der Waals surface area contributed by atoms with Gasteiger partial charge in [0, 0.05) is 28.8 Å². The lowest BCUT2D eigenvalue weighted by Gasteiger charge is -2.46. The van der Waals surface area contributed by atoms with E-state index in [-0.39, 0.29) is 23.7 Å². The number of hydrogen-bond acceptors (Lipinski definition) is 3. The quantitative estimate of drug-likeness (QED) is 0.770. The van der Waals surface area contributed by atoms with Crippen LogP contribution in [0.1, 0.15) is 25.7 Å². The molecule has 0 spiro atoms. The Hall–Kier alpha value is -1.38. The first-order chi connectivity index (χ1) is 11.7. The molecule has 2 aliphatic rings. The Bertz CT molecular complexity index is 748. The van der Waals surface area contributed by atoms with Crippen molar-refractivity contribution in [3.05, 3.63) is 40.6 Å². The predicted molar refractivity (Wildman–Crippen MR) is 90.7 cm³/mol. The van der Waals surface area contributed by atoms with Crippen molar-refractivity contribution in [1.29, 1.82) is 5.41 Å². The van der Waals surface area contributed by atoms with Crippen molar-refractivity contribution in [2.45, 2.75) is 48.8 Å². The molecule has 0 amide bonds. The average Bonchev–Trinajstić information content (AvgIpc) is 2.53. The molecule has 4 nitrogen and oxygen atoms in total. The largest absolute Gasteiger partial charge is 0.433 e. The molecule has 3 unspecified atom stereocenters. The minimum absolute atomic E-state index is 0.0846. The van der Waals surface area contributed by atoms with Crippen LogP contribution in [-0.4, -0.2) is 32.5 Å². The summed E-state index contributed by atoms with van der Waals surface area (Å²) in [7, 11) is -1.64. The first kappa shape index (κ1) is 18.4. The summed E-state index contributed by atoms with van der Waals surface area (Å²) in [6, 6.07) is 5.43. The molecule has 1 aromatic rings. The van der Waals surface area contributed by atoms with Crippen molar-refractivity contribution in [2.75, 3.05) is 0 Å². The molecule has 3 rings (SSSR count). The number of fused-ring (bicyclic) bond motifs is 2. The van der Waals surface area contributed by atoms with E-state index in [9.17, 15) is 17.4 Å². The van der Waals surface area contributed by atoms with Gasteiger partial charge in [-0.1, -0.05) is 11.6 Å². The van der Waals surface area contributed by atoms with Crippen molar-refractivity contribution < 1.29 is 17.4 Å². The molecule has 3 atom stereocenters. The van der Waals surface area contributed by atoms with Crippen molar-refractivity contribution in [1.82, 2.24) is 4.31 Å². The van der Waals surface area contributed by atoms with E-state index in [4.69, 9.17) is 22.7 Å². The Labute approximate surface area is 150 Å². The van der Waals surface area contributed by atoms with E-state index in [0.717, 1.165) is 0 Å². The molecule has 2 bridgehead atoms. The highest BCUT2D eigenvalue weighted by molar-refractivity contribution is 7.82. The molecule has 2 heterocycles. The third-order valence-electron chi connectivity index (χ3n) is 4.58. The van der Waals surface area contributed by atoms with Crippen LogP contribution < -0.4 is 5.73 Å². The second-order valence-electron chi connectivity index (χ2n) is 6.18. The zero-order valence-corrected chi connectivity index (χ0v) is 14.7. The molecule has 0 saturated carbocycles. The van der Waals surface area contributed by atoms with Gasteiger partial charge >= 0.3 is 6.18 Å². The fourth-order valence-electron chi connectivity index (χ4n) is 3.50. The first-order valence-corrected chi connectivity index (χ1v) is 9.29. The van der Waals surface area contributed by atoms with Gasteiger partial charge in [-0.05, 0) is 43.5 Å². The fraction of sp³-hybridized carbons (Fsp3) is 0.438. The Morgan fingerprint density at radius 2 is 1.92 bits per heavy atom. The lowest BCUT2D eigenvalue weighted by molar-refractivity contribution is -0.0598. The predicted octanol–water partition coefficient (Wildman–Crippen LogP) is 3.78. The highest BCUT2D eigenvalue weighted by Gasteiger charge is 2.48. The van der Waals surface area contributed by atoms with Gasteiger partial charge in [-0.25, -0.2) is 8.51 Å². The number of hydrogen-bond donors (Lipinski definition) is 2. The normalized spacial score (nSPS) is 25.8. The Morgan fingerprint density at radius 3 is 2.52 bits per heavy atom. The van der Waals surface area contributed by atoms with Gasteiger partial charge in [0.05, 0.1) is 10.9 Å². The number of piperidine rings is 1. The molecule has 0 aliphatic carbocycles. The van der Waals surface area contributed by atoms with E-state index in [1.165, 1.54) is 0 Å². The molecule has 1 aromatic carbocycles. The molecule has 25 heavy (non-hydrogen) atoms. The maximum absolute atomic E-state index is 13.1. The molecular formula is C16H17ClF3N3OS. The first-order valence-electron chi connectivity index (χ1n) is 7.80. The minimum atomic E-state index is -4.78. The van der Waals surface area contributed by atoms with Gasteiger partial charge in [-0.15, -0.1) is 0 Å². The number of nitrogens with two attached hydrogens (primary N) is 1. The lowest BCUT2D eigenvalue weighted by atomic mass is 9.82. The summed E-state index contributed by atoms with van der Waals surface area (Å²) in [5, 5.41) is 8.04. The maximum Gasteiger partial charge on any atom is 0.433 e. The second kappa shape index (κ2) is 6.74. The van der Waals surface area contributed by atoms with Crippen molar-refractivity contribution in [2.24, 2.45) is 5.73 Å². The Kier molecular flexibility index (Phi) is 4.96. The second-order valence-corrected chi connectivity index (χ2v) is 8.01. The van der Waals surface area contributed by atoms with Crippen molar-refractivity contribution in [3.63, 3.8) is 0 Å². The molecule has 2 aliphatic heterocycles. The molecule has 0 radical (unpaired) electrons. The van der Waals surface area contributed by atoms with Crippen LogP contribution >= 0.6 is 11.6 Å². The molecule has 0 aromatic heterocycles. The lowest BCUT2D eigenvalue weighted by Crippen LogP contribution is -2.54. The SMILES string of the molecule is N=C(C1=C(N)CC2CCCC1N2S(=O)c1ccc(Cl)cc1)C(F)(F)F. The van der Waals surface area contributed by atoms with Gasteiger partial charge in [0.2, 0.25) is 0 Å². The van der Waals surface area contributed by atoms with E-state index in [1.54, 1.807) is 28.6 Å². The number of alkyl halides is 3. The monoisotopic (exact) mass is 391 g/mol. The van der Waals surface area contributed by atoms with Crippen LogP contribution in [-0.2, 0) is 11.0 Å². The van der Waals surface area contributed by atoms with Gasteiger partial charge in [-0.2, -0.15) is 13.2 Å². The van der Waals surface area contributed by atoms with E-state index in [2.05, 4.69) is 0 Å². The number of nitrogens with zero attached hydrogens (tertiary/aromatic N) is 1. The van der Waals surface area contributed by atoms with E-state index < -0.39 is 28.9 Å². The van der Waals surface area contributed by atoms with E-state index in [1.807, 2.05) is 0 Å². The molecular weight excluding hydrogens is 375 g/mol. The van der Waals surface area contributed by atoms with Gasteiger partial charge in [0.15, 0.2) is 0 Å². The van der Waals surface area contributed by atoms with Crippen LogP contribution in [0.2, 0.25) is 5.02 Å². The zero-order chi connectivity index (χ0) is 18.4. The van der Waals surface area contributed by atoms with Crippen molar-refractivity contribution in [3.8, 4) is 0 Å². The van der Waals surface area contributed by atoms with Crippen LogP contribution in [0.3, 0.4) is 0 Å². The summed E-state index contributed by atoms with van der Waals surface area (Å²) in [5.74, 6) is 0. The number of halogens is 4. The van der Waals surface area contributed by atoms with Gasteiger partial charge in [0.25, 0.3) is 0 Å². The molecule has 136 valence electrons. The van der Waals surface area contributed by atoms with Crippen LogP contribution in [0.25, 0.3) is 0 Å². The maximum atomic E-state index is 13.1. The summed E-state index contributed by atoms with van der Waals surface area (Å²) in [5.41, 5.74) is 4.30. The van der Waals surface area contributed by atoms with Crippen LogP contribution in [0, 0.1) is 5.41 Å². The summed E-state index contributed by atoms with van der Waals surface area (Å²) >= 11 is 5.84. The molecule has 1 fully saturated rings. The molecule has 1 saturated heterocycles. The van der Waals surface area contributed by atoms with Gasteiger partial charge in [0.1, 0.15) is 16.7 Å². The van der Waals surface area contributed by atoms with E-state index in [0.29, 0.717) is 29.2 Å². The number of rotatable bonds is 3. The highest BCUT2D eigenvalue weighted by atomic mass is 35.5. The Morgan fingerprint density at radius 1 is 1.28 bits per heavy atom. The van der Waals surface area contributed by atoms with Crippen LogP contribution in [0.4, 0.5) is 13.2 Å². The smallest absolute Gasteiger partial charge is 0.402 e. The average molecular weight is 392 g/mol. The summed E-state index contributed by atoms with van der Waals surface area (Å²) in [6.07, 6.45) is -2.78. The summed E-state index contributed by atoms with van der Waals surface area (Å²) in [4.78, 5) is 0.472. The topological polar surface area (TPSA) is 70.2 Å². The number of benzene rings is 1. The third kappa shape index (κ3) is 3.47. The minimum Gasteiger partial charge on any atom is -0.402 e. The Balaban J connectivity index is 1.99. The molecule has 9 heteroatoms. The van der Waals surface area contributed by atoms with Crippen molar-refractivity contribution >= 4 is 28.3 Å². The standard InChI is InChI=1S/C16H17ClF3N3OS/c17-9-4-6-11(7-5-9)25(24)23-10-2-1-3-13(23)14(12(21)8-10)15(22)16(18,19)20/h4-7,10,13,22H,1-3,8,21H2. The zero-order valence-electron chi connectivity index (χ0n) is 13.1.